The molecule has 0 radical (unpaired) electrons. The molecule has 1 aromatic heterocycles. The molecule has 0 fully saturated rings. The molecule has 164 valence electrons. The zero-order chi connectivity index (χ0) is 22.6. The van der Waals surface area contributed by atoms with Crippen molar-refractivity contribution >= 4 is 55.6 Å². The molecule has 2 aromatic carbocycles. The molecule has 0 spiro atoms. The Bertz CT molecular complexity index is 1180. The predicted molar refractivity (Wildman–Crippen MR) is 127 cm³/mol. The van der Waals surface area contributed by atoms with Crippen LogP contribution in [0.4, 0.5) is 5.13 Å². The van der Waals surface area contributed by atoms with Gasteiger partial charge in [0.05, 0.1) is 16.3 Å². The Morgan fingerprint density at radius 1 is 1.10 bits per heavy atom. The van der Waals surface area contributed by atoms with E-state index in [1.807, 2.05) is 47.2 Å². The van der Waals surface area contributed by atoms with Crippen LogP contribution < -0.4 is 9.62 Å². The number of hydrogen-bond acceptors (Lipinski definition) is 6. The van der Waals surface area contributed by atoms with E-state index in [0.29, 0.717) is 39.6 Å². The van der Waals surface area contributed by atoms with E-state index >= 15 is 0 Å². The van der Waals surface area contributed by atoms with Crippen molar-refractivity contribution in [1.82, 2.24) is 9.71 Å². The summed E-state index contributed by atoms with van der Waals surface area (Å²) in [5, 5.41) is 1.64. The third-order valence-electron chi connectivity index (χ3n) is 4.42. The minimum absolute atomic E-state index is 0.109. The summed E-state index contributed by atoms with van der Waals surface area (Å²) in [6, 6.07) is 15.4. The van der Waals surface area contributed by atoms with Crippen molar-refractivity contribution in [2.75, 3.05) is 17.7 Å². The van der Waals surface area contributed by atoms with Crippen LogP contribution in [0.15, 0.2) is 48.5 Å². The second-order valence-electron chi connectivity index (χ2n) is 7.01. The van der Waals surface area contributed by atoms with Gasteiger partial charge in [-0.05, 0) is 36.6 Å². The number of halogens is 2. The number of carbonyl (C=O) groups excluding carboxylic acids is 1. The second kappa shape index (κ2) is 9.99. The quantitative estimate of drug-likeness (QED) is 0.487. The monoisotopic (exact) mass is 497 g/mol. The highest BCUT2D eigenvalue weighted by molar-refractivity contribution is 7.89. The van der Waals surface area contributed by atoms with Gasteiger partial charge in [0.25, 0.3) is 5.91 Å². The molecule has 0 aliphatic heterocycles. The molecule has 6 nitrogen and oxygen atoms in total. The van der Waals surface area contributed by atoms with Gasteiger partial charge in [0.1, 0.15) is 5.69 Å². The minimum Gasteiger partial charge on any atom is -0.343 e. The zero-order valence-corrected chi connectivity index (χ0v) is 20.1. The molecule has 10 heteroatoms. The first-order valence-electron chi connectivity index (χ1n) is 9.35. The van der Waals surface area contributed by atoms with Crippen LogP contribution in [0.25, 0.3) is 0 Å². The second-order valence-corrected chi connectivity index (χ2v) is 10.8. The van der Waals surface area contributed by atoms with Crippen molar-refractivity contribution in [2.24, 2.45) is 0 Å². The first-order valence-corrected chi connectivity index (χ1v) is 12.8. The van der Waals surface area contributed by atoms with E-state index in [9.17, 15) is 13.2 Å². The summed E-state index contributed by atoms with van der Waals surface area (Å²) in [6.45, 7) is 2.95. The maximum absolute atomic E-state index is 12.3. The number of benzene rings is 2. The van der Waals surface area contributed by atoms with Gasteiger partial charge in [0, 0.05) is 18.0 Å². The van der Waals surface area contributed by atoms with Gasteiger partial charge in [-0.2, -0.15) is 0 Å². The summed E-state index contributed by atoms with van der Waals surface area (Å²) >= 11 is 13.5. The van der Waals surface area contributed by atoms with Gasteiger partial charge in [-0.25, -0.2) is 18.1 Å². The average Bonchev–Trinajstić information content (AvgIpc) is 3.09. The fraction of sp³-hybridized carbons (Fsp3) is 0.238. The van der Waals surface area contributed by atoms with Crippen molar-refractivity contribution < 1.29 is 13.2 Å². The van der Waals surface area contributed by atoms with E-state index in [-0.39, 0.29) is 5.69 Å². The van der Waals surface area contributed by atoms with E-state index < -0.39 is 15.9 Å². The maximum Gasteiger partial charge on any atom is 0.284 e. The molecule has 0 bridgehead atoms. The van der Waals surface area contributed by atoms with Crippen LogP contribution in [0.5, 0.6) is 0 Å². The van der Waals surface area contributed by atoms with Gasteiger partial charge in [0.15, 0.2) is 5.13 Å². The first kappa shape index (κ1) is 23.5. The number of nitrogens with one attached hydrogen (secondary N) is 1. The van der Waals surface area contributed by atoms with Crippen LogP contribution in [0, 0.1) is 6.92 Å². The molecule has 0 unspecified atom stereocenters. The number of rotatable bonds is 8. The molecule has 0 saturated heterocycles. The van der Waals surface area contributed by atoms with E-state index in [0.717, 1.165) is 17.4 Å². The summed E-state index contributed by atoms with van der Waals surface area (Å²) in [6.07, 6.45) is 1.62. The highest BCUT2D eigenvalue weighted by Crippen LogP contribution is 2.28. The molecule has 0 aliphatic carbocycles. The fourth-order valence-corrected chi connectivity index (χ4v) is 4.64. The molecule has 1 heterocycles. The number of thiazole rings is 1. The Morgan fingerprint density at radius 2 is 1.81 bits per heavy atom. The molecule has 1 amide bonds. The molecule has 1 N–H and O–H groups in total. The number of aryl methyl sites for hydroxylation is 1. The first-order chi connectivity index (χ1) is 14.6. The van der Waals surface area contributed by atoms with Crippen LogP contribution in [0.1, 0.15) is 26.5 Å². The number of amides is 1. The Balaban J connectivity index is 1.86. The molecule has 3 aromatic rings. The fourth-order valence-electron chi connectivity index (χ4n) is 2.95. The summed E-state index contributed by atoms with van der Waals surface area (Å²) in [5.41, 5.74) is 2.22. The topological polar surface area (TPSA) is 79.4 Å². The number of carbonyl (C=O) groups is 1. The summed E-state index contributed by atoms with van der Waals surface area (Å²) in [4.78, 5) is 19.5. The standard InChI is InChI=1S/C21H21Cl2N3O3S2/c1-14-19(20(27)25-31(2,28)29)24-21(30-14)26(13-16-6-4-3-5-7-16)11-10-15-8-9-17(22)18(23)12-15/h3-9,12H,10-11,13H2,1-2H3,(H,25,27). The molecule has 0 aliphatic rings. The van der Waals surface area contributed by atoms with Gasteiger partial charge in [-0.1, -0.05) is 59.6 Å². The lowest BCUT2D eigenvalue weighted by Gasteiger charge is -2.22. The number of nitrogens with zero attached hydrogens (tertiary/aromatic N) is 2. The molecule has 0 saturated carbocycles. The van der Waals surface area contributed by atoms with Crippen LogP contribution in [-0.4, -0.2) is 32.1 Å². The van der Waals surface area contributed by atoms with Crippen molar-refractivity contribution in [2.45, 2.75) is 19.9 Å². The van der Waals surface area contributed by atoms with E-state index in [1.54, 1.807) is 13.0 Å². The SMILES string of the molecule is Cc1sc(N(CCc2ccc(Cl)c(Cl)c2)Cc2ccccc2)nc1C(=O)NS(C)(=O)=O. The Hall–Kier alpha value is -2.13. The van der Waals surface area contributed by atoms with Gasteiger partial charge in [0.2, 0.25) is 10.0 Å². The largest absolute Gasteiger partial charge is 0.343 e. The number of aromatic nitrogens is 1. The molecular weight excluding hydrogens is 477 g/mol. The lowest BCUT2D eigenvalue weighted by Crippen LogP contribution is -2.30. The number of sulfonamides is 1. The summed E-state index contributed by atoms with van der Waals surface area (Å²) in [5.74, 6) is -0.730. The smallest absolute Gasteiger partial charge is 0.284 e. The third-order valence-corrected chi connectivity index (χ3v) is 6.75. The van der Waals surface area contributed by atoms with Crippen LogP contribution in [0.2, 0.25) is 10.0 Å². The van der Waals surface area contributed by atoms with Crippen molar-refractivity contribution in [3.8, 4) is 0 Å². The molecular formula is C21H21Cl2N3O3S2. The predicted octanol–water partition coefficient (Wildman–Crippen LogP) is 4.70. The van der Waals surface area contributed by atoms with Gasteiger partial charge < -0.3 is 4.90 Å². The minimum atomic E-state index is -3.67. The van der Waals surface area contributed by atoms with Gasteiger partial charge >= 0.3 is 0 Å². The number of anilines is 1. The van der Waals surface area contributed by atoms with Gasteiger partial charge in [-0.3, -0.25) is 4.79 Å². The average molecular weight is 498 g/mol. The van der Waals surface area contributed by atoms with Crippen molar-refractivity contribution in [1.29, 1.82) is 0 Å². The van der Waals surface area contributed by atoms with Crippen LogP contribution >= 0.6 is 34.5 Å². The lowest BCUT2D eigenvalue weighted by molar-refractivity contribution is 0.0977. The maximum atomic E-state index is 12.3. The molecule has 0 atom stereocenters. The summed E-state index contributed by atoms with van der Waals surface area (Å²) < 4.78 is 24.8. The Labute approximate surface area is 195 Å². The van der Waals surface area contributed by atoms with Crippen LogP contribution in [-0.2, 0) is 23.0 Å². The Kier molecular flexibility index (Phi) is 7.59. The van der Waals surface area contributed by atoms with E-state index in [2.05, 4.69) is 9.88 Å². The van der Waals surface area contributed by atoms with E-state index in [4.69, 9.17) is 23.2 Å². The van der Waals surface area contributed by atoms with Crippen molar-refractivity contribution in [3.05, 3.63) is 80.3 Å². The molecule has 31 heavy (non-hydrogen) atoms. The highest BCUT2D eigenvalue weighted by Gasteiger charge is 2.21. The molecule has 3 rings (SSSR count). The number of hydrogen-bond donors (Lipinski definition) is 1. The lowest BCUT2D eigenvalue weighted by atomic mass is 10.1. The zero-order valence-electron chi connectivity index (χ0n) is 16.9. The normalized spacial score (nSPS) is 11.4. The summed E-state index contributed by atoms with van der Waals surface area (Å²) in [7, 11) is -3.67. The van der Waals surface area contributed by atoms with E-state index in [1.165, 1.54) is 11.3 Å². The third kappa shape index (κ3) is 6.67. The highest BCUT2D eigenvalue weighted by atomic mass is 35.5. The van der Waals surface area contributed by atoms with Gasteiger partial charge in [-0.15, -0.1) is 11.3 Å². The Morgan fingerprint density at radius 3 is 2.45 bits per heavy atom. The van der Waals surface area contributed by atoms with Crippen molar-refractivity contribution in [3.63, 3.8) is 0 Å². The van der Waals surface area contributed by atoms with Crippen LogP contribution in [0.3, 0.4) is 0 Å².